The summed E-state index contributed by atoms with van der Waals surface area (Å²) in [5.74, 6) is 0.900. The van der Waals surface area contributed by atoms with Crippen LogP contribution >= 0.6 is 0 Å². The first-order chi connectivity index (χ1) is 11.8. The fourth-order valence-corrected chi connectivity index (χ4v) is 9.95. The number of hydrogen-bond acceptors (Lipinski definition) is 0. The molecule has 0 spiro atoms. The molecule has 3 aliphatic carbocycles. The van der Waals surface area contributed by atoms with Crippen LogP contribution < -0.4 is 24.8 Å². The van der Waals surface area contributed by atoms with Gasteiger partial charge in [-0.1, -0.05) is 88.4 Å². The van der Waals surface area contributed by atoms with Crippen molar-refractivity contribution in [1.29, 1.82) is 0 Å². The van der Waals surface area contributed by atoms with Crippen molar-refractivity contribution in [2.75, 3.05) is 0 Å². The topological polar surface area (TPSA) is 0 Å². The third kappa shape index (κ3) is 5.46. The summed E-state index contributed by atoms with van der Waals surface area (Å²) in [5.41, 5.74) is 7.18. The molecule has 0 bridgehead atoms. The smallest absolute Gasteiger partial charge is 1.00 e. The van der Waals surface area contributed by atoms with Gasteiger partial charge in [-0.25, -0.2) is 5.57 Å². The first kappa shape index (κ1) is 28.6. The molecule has 0 aromatic carbocycles. The number of allylic oxidation sites excluding steroid dienone is 8. The summed E-state index contributed by atoms with van der Waals surface area (Å²) in [6.07, 6.45) is 17.4. The second-order valence-electron chi connectivity index (χ2n) is 9.17. The van der Waals surface area contributed by atoms with Crippen LogP contribution in [-0.4, -0.2) is 8.07 Å². The Balaban J connectivity index is 0.000000503. The van der Waals surface area contributed by atoms with E-state index in [0.717, 1.165) is 11.5 Å². The van der Waals surface area contributed by atoms with Gasteiger partial charge in [0.15, 0.2) is 0 Å². The predicted octanol–water partition coefficient (Wildman–Crippen LogP) is 1.46. The van der Waals surface area contributed by atoms with Crippen LogP contribution in [0.15, 0.2) is 40.5 Å². The maximum Gasteiger partial charge on any atom is 4.00 e. The van der Waals surface area contributed by atoms with Crippen LogP contribution in [0.2, 0.25) is 23.7 Å². The maximum atomic E-state index is 3.44. The second-order valence-corrected chi connectivity index (χ2v) is 14.2. The zero-order valence-corrected chi connectivity index (χ0v) is 23.4. The summed E-state index contributed by atoms with van der Waals surface area (Å²) >= 11 is 0. The predicted molar refractivity (Wildman–Crippen MR) is 113 cm³/mol. The van der Waals surface area contributed by atoms with Gasteiger partial charge in [0.2, 0.25) is 0 Å². The Bertz CT molecular complexity index is 648. The normalized spacial score (nSPS) is 28.2. The molecule has 1 saturated heterocycles. The van der Waals surface area contributed by atoms with Gasteiger partial charge in [0, 0.05) is 8.07 Å². The molecule has 1 heterocycles. The molecule has 0 N–H and O–H groups in total. The Morgan fingerprint density at radius 1 is 1.18 bits per heavy atom. The summed E-state index contributed by atoms with van der Waals surface area (Å²) < 4.78 is 0. The number of fused-ring (bicyclic) bond motifs is 1. The summed E-state index contributed by atoms with van der Waals surface area (Å²) in [7, 11) is -0.850. The van der Waals surface area contributed by atoms with Gasteiger partial charge >= 0.3 is 26.2 Å². The van der Waals surface area contributed by atoms with E-state index in [1.165, 1.54) is 42.0 Å². The van der Waals surface area contributed by atoms with Crippen LogP contribution in [0.1, 0.15) is 60.8 Å². The largest absolute Gasteiger partial charge is 4.00 e. The van der Waals surface area contributed by atoms with E-state index >= 15 is 0 Å². The van der Waals surface area contributed by atoms with Crippen molar-refractivity contribution in [3.05, 3.63) is 53.0 Å². The number of halogens is 2. The average Bonchev–Trinajstić information content (AvgIpc) is 3.04. The summed E-state index contributed by atoms with van der Waals surface area (Å²) in [4.78, 5) is 0. The van der Waals surface area contributed by atoms with Gasteiger partial charge in [-0.3, -0.25) is 6.08 Å². The molecule has 1 aliphatic heterocycles. The third-order valence-corrected chi connectivity index (χ3v) is 13.6. The SMILES string of the molecule is CC1=[C-]C(C)(C)C(C)=C1C.CC[Si]1(C2[CH-]CC3CC=CC=C32)CCC1.[Cl-].[Cl-].[Zr+4]. The van der Waals surface area contributed by atoms with Gasteiger partial charge in [0.05, 0.1) is 0 Å². The van der Waals surface area contributed by atoms with Gasteiger partial charge in [-0.05, 0) is 12.3 Å². The molecule has 0 aromatic rings. The summed E-state index contributed by atoms with van der Waals surface area (Å²) in [6.45, 7) is 13.4. The average molecular weight is 515 g/mol. The van der Waals surface area contributed by atoms with E-state index in [4.69, 9.17) is 0 Å². The Morgan fingerprint density at radius 2 is 1.82 bits per heavy atom. The molecule has 0 aromatic heterocycles. The van der Waals surface area contributed by atoms with Crippen molar-refractivity contribution < 1.29 is 51.0 Å². The van der Waals surface area contributed by atoms with Crippen molar-refractivity contribution in [1.82, 2.24) is 0 Å². The Morgan fingerprint density at radius 3 is 2.21 bits per heavy atom. The Hall–Kier alpha value is 0.640. The molecule has 2 unspecified atom stereocenters. The number of rotatable bonds is 2. The molecular formula is C24H36Cl2SiZr. The second kappa shape index (κ2) is 11.3. The van der Waals surface area contributed by atoms with Crippen molar-refractivity contribution in [2.24, 2.45) is 11.3 Å². The van der Waals surface area contributed by atoms with E-state index in [1.54, 1.807) is 12.1 Å². The minimum atomic E-state index is -0.850. The first-order valence-electron chi connectivity index (χ1n) is 10.3. The van der Waals surface area contributed by atoms with E-state index in [9.17, 15) is 0 Å². The monoisotopic (exact) mass is 512 g/mol. The van der Waals surface area contributed by atoms with E-state index in [1.807, 2.05) is 5.57 Å². The molecule has 0 nitrogen and oxygen atoms in total. The Kier molecular flexibility index (Phi) is 11.6. The van der Waals surface area contributed by atoms with Gasteiger partial charge in [0.25, 0.3) is 0 Å². The Labute approximate surface area is 206 Å². The van der Waals surface area contributed by atoms with Crippen LogP contribution in [0, 0.1) is 23.8 Å². The molecule has 1 saturated carbocycles. The van der Waals surface area contributed by atoms with Crippen LogP contribution in [0.25, 0.3) is 0 Å². The van der Waals surface area contributed by atoms with Crippen LogP contribution in [0.4, 0.5) is 0 Å². The first-order valence-corrected chi connectivity index (χ1v) is 13.0. The quantitative estimate of drug-likeness (QED) is 0.387. The fraction of sp³-hybridized carbons (Fsp3) is 0.625. The molecule has 0 amide bonds. The molecule has 2 atom stereocenters. The van der Waals surface area contributed by atoms with Gasteiger partial charge in [0.1, 0.15) is 0 Å². The van der Waals surface area contributed by atoms with E-state index in [2.05, 4.69) is 72.3 Å². The van der Waals surface area contributed by atoms with Crippen LogP contribution in [-0.2, 0) is 26.2 Å². The summed E-state index contributed by atoms with van der Waals surface area (Å²) in [5, 5.41) is 0. The molecule has 28 heavy (non-hydrogen) atoms. The van der Waals surface area contributed by atoms with Crippen molar-refractivity contribution >= 4 is 8.07 Å². The minimum absolute atomic E-state index is 0. The van der Waals surface area contributed by atoms with Gasteiger partial charge < -0.3 is 31.2 Å². The van der Waals surface area contributed by atoms with Crippen LogP contribution in [0.3, 0.4) is 0 Å². The zero-order chi connectivity index (χ0) is 18.2. The molecule has 4 rings (SSSR count). The van der Waals surface area contributed by atoms with Crippen molar-refractivity contribution in [3.8, 4) is 0 Å². The summed E-state index contributed by atoms with van der Waals surface area (Å²) in [6, 6.07) is 4.73. The van der Waals surface area contributed by atoms with Gasteiger partial charge in [-0.2, -0.15) is 17.6 Å². The molecule has 154 valence electrons. The van der Waals surface area contributed by atoms with E-state index < -0.39 is 8.07 Å². The fourth-order valence-electron chi connectivity index (χ4n) is 5.25. The van der Waals surface area contributed by atoms with Crippen molar-refractivity contribution in [2.45, 2.75) is 84.5 Å². The van der Waals surface area contributed by atoms with E-state index in [0.29, 0.717) is 0 Å². The van der Waals surface area contributed by atoms with Crippen LogP contribution in [0.5, 0.6) is 0 Å². The van der Waals surface area contributed by atoms with Crippen molar-refractivity contribution in [3.63, 3.8) is 0 Å². The maximum absolute atomic E-state index is 3.44. The molecule has 2 fully saturated rings. The minimum Gasteiger partial charge on any atom is -1.00 e. The molecule has 4 heteroatoms. The molecule has 4 aliphatic rings. The molecular weight excluding hydrogens is 478 g/mol. The zero-order valence-electron chi connectivity index (χ0n) is 18.5. The molecule has 0 radical (unpaired) electrons. The third-order valence-electron chi connectivity index (χ3n) is 7.61. The standard InChI is InChI=1S/C14H21Si.C10H15.2ClH.Zr/c1-2-15(10-5-11-15)14-9-8-12-6-3-4-7-13(12)14;1-7-6-10(4,5)9(3)8(7)2;;;/h3-4,7,9,12,14H,2,5-6,8,10-11H2,1H3;1-5H3;2*1H;/q2*-1;;;+4/p-2. The number of hydrogen-bond donors (Lipinski definition) is 0. The van der Waals surface area contributed by atoms with E-state index in [-0.39, 0.29) is 56.4 Å². The van der Waals surface area contributed by atoms with Gasteiger partial charge in [-0.15, -0.1) is 12.5 Å².